The van der Waals surface area contributed by atoms with Gasteiger partial charge in [0.1, 0.15) is 11.8 Å². The topological polar surface area (TPSA) is 94.4 Å². The molecule has 3 N–H and O–H groups in total. The van der Waals surface area contributed by atoms with Gasteiger partial charge in [0.15, 0.2) is 6.10 Å². The molecule has 1 aliphatic rings. The lowest BCUT2D eigenvalue weighted by Gasteiger charge is -2.22. The Bertz CT molecular complexity index is 602. The SMILES string of the molecule is C[C@@H](O)[C@H](N)c1nc(C2CSc3ccccc3O2)no1. The van der Waals surface area contributed by atoms with Crippen LogP contribution in [0.3, 0.4) is 0 Å². The van der Waals surface area contributed by atoms with E-state index in [9.17, 15) is 5.11 Å². The number of nitrogens with two attached hydrogens (primary N) is 1. The molecule has 1 aliphatic heterocycles. The molecule has 2 aromatic rings. The molecule has 1 unspecified atom stereocenters. The van der Waals surface area contributed by atoms with Crippen LogP contribution < -0.4 is 10.5 Å². The summed E-state index contributed by atoms with van der Waals surface area (Å²) in [6.07, 6.45) is -1.01. The van der Waals surface area contributed by atoms with Gasteiger partial charge in [-0.25, -0.2) is 0 Å². The number of rotatable bonds is 3. The summed E-state index contributed by atoms with van der Waals surface area (Å²) in [6.45, 7) is 1.58. The molecule has 0 spiro atoms. The summed E-state index contributed by atoms with van der Waals surface area (Å²) in [5.74, 6) is 2.21. The summed E-state index contributed by atoms with van der Waals surface area (Å²) < 4.78 is 11.0. The van der Waals surface area contributed by atoms with Gasteiger partial charge in [0, 0.05) is 10.6 Å². The summed E-state index contributed by atoms with van der Waals surface area (Å²) in [5.41, 5.74) is 5.76. The normalized spacial score (nSPS) is 20.9. The lowest BCUT2D eigenvalue weighted by Crippen LogP contribution is -2.23. The Kier molecular flexibility index (Phi) is 3.64. The number of nitrogens with zero attached hydrogens (tertiary/aromatic N) is 2. The van der Waals surface area contributed by atoms with Crippen molar-refractivity contribution >= 4 is 11.8 Å². The molecule has 106 valence electrons. The van der Waals surface area contributed by atoms with Crippen molar-refractivity contribution in [1.82, 2.24) is 10.1 Å². The van der Waals surface area contributed by atoms with Crippen LogP contribution in [0.4, 0.5) is 0 Å². The van der Waals surface area contributed by atoms with Crippen LogP contribution in [0, 0.1) is 0 Å². The van der Waals surface area contributed by atoms with Gasteiger partial charge in [0.05, 0.1) is 6.10 Å². The van der Waals surface area contributed by atoms with E-state index in [0.29, 0.717) is 11.6 Å². The summed E-state index contributed by atoms with van der Waals surface area (Å²) >= 11 is 1.69. The molecule has 0 saturated heterocycles. The summed E-state index contributed by atoms with van der Waals surface area (Å²) in [5, 5.41) is 13.3. The van der Waals surface area contributed by atoms with Gasteiger partial charge in [-0.3, -0.25) is 0 Å². The van der Waals surface area contributed by atoms with Gasteiger partial charge in [0.25, 0.3) is 0 Å². The number of hydrogen-bond acceptors (Lipinski definition) is 7. The molecule has 0 aliphatic carbocycles. The molecule has 0 amide bonds. The van der Waals surface area contributed by atoms with E-state index >= 15 is 0 Å². The highest BCUT2D eigenvalue weighted by Gasteiger charge is 2.28. The highest BCUT2D eigenvalue weighted by molar-refractivity contribution is 7.99. The fourth-order valence-corrected chi connectivity index (χ4v) is 2.85. The first-order chi connectivity index (χ1) is 9.65. The van der Waals surface area contributed by atoms with Crippen molar-refractivity contribution in [3.05, 3.63) is 36.0 Å². The second-order valence-corrected chi connectivity index (χ2v) is 5.68. The highest BCUT2D eigenvalue weighted by Crippen LogP contribution is 2.39. The van der Waals surface area contributed by atoms with Crippen LogP contribution >= 0.6 is 11.8 Å². The van der Waals surface area contributed by atoms with Crippen molar-refractivity contribution in [2.45, 2.75) is 30.1 Å². The predicted molar refractivity (Wildman–Crippen MR) is 73.4 cm³/mol. The Morgan fingerprint density at radius 1 is 1.45 bits per heavy atom. The maximum absolute atomic E-state index is 9.44. The van der Waals surface area contributed by atoms with Crippen LogP contribution in [-0.2, 0) is 0 Å². The molecule has 0 bridgehead atoms. The Labute approximate surface area is 120 Å². The number of aromatic nitrogens is 2. The van der Waals surface area contributed by atoms with E-state index < -0.39 is 12.1 Å². The molecule has 3 rings (SSSR count). The molecular weight excluding hydrogens is 278 g/mol. The molecule has 2 heterocycles. The second-order valence-electron chi connectivity index (χ2n) is 4.62. The maximum atomic E-state index is 9.44. The van der Waals surface area contributed by atoms with E-state index in [1.807, 2.05) is 24.3 Å². The Morgan fingerprint density at radius 3 is 3.05 bits per heavy atom. The van der Waals surface area contributed by atoms with Gasteiger partial charge in [-0.1, -0.05) is 17.3 Å². The Balaban J connectivity index is 1.78. The first-order valence-corrected chi connectivity index (χ1v) is 7.29. The number of hydrogen-bond donors (Lipinski definition) is 2. The largest absolute Gasteiger partial charge is 0.480 e. The Hall–Kier alpha value is -1.57. The smallest absolute Gasteiger partial charge is 0.246 e. The summed E-state index contributed by atoms with van der Waals surface area (Å²) in [7, 11) is 0. The molecule has 1 aromatic heterocycles. The van der Waals surface area contributed by atoms with Crippen LogP contribution in [-0.4, -0.2) is 27.1 Å². The zero-order chi connectivity index (χ0) is 14.1. The highest BCUT2D eigenvalue weighted by atomic mass is 32.2. The first kappa shape index (κ1) is 13.4. The van der Waals surface area contributed by atoms with E-state index in [1.54, 1.807) is 18.7 Å². The van der Waals surface area contributed by atoms with E-state index in [0.717, 1.165) is 10.6 Å². The number of benzene rings is 1. The van der Waals surface area contributed by atoms with Crippen LogP contribution in [0.2, 0.25) is 0 Å². The molecule has 0 radical (unpaired) electrons. The molecule has 6 nitrogen and oxygen atoms in total. The van der Waals surface area contributed by atoms with Crippen LogP contribution in [0.15, 0.2) is 33.7 Å². The number of ether oxygens (including phenoxy) is 1. The van der Waals surface area contributed by atoms with Crippen molar-refractivity contribution in [3.63, 3.8) is 0 Å². The lowest BCUT2D eigenvalue weighted by atomic mass is 10.2. The standard InChI is InChI=1S/C13H15N3O3S/c1-7(17)11(14)13-15-12(16-19-13)9-6-20-10-5-3-2-4-8(10)18-9/h2-5,7,9,11,17H,6,14H2,1H3/t7-,9?,11+/m1/s1. The minimum Gasteiger partial charge on any atom is -0.480 e. The van der Waals surface area contributed by atoms with E-state index in [-0.39, 0.29) is 12.0 Å². The van der Waals surface area contributed by atoms with Gasteiger partial charge in [0.2, 0.25) is 11.7 Å². The van der Waals surface area contributed by atoms with Crippen LogP contribution in [0.5, 0.6) is 5.75 Å². The molecule has 3 atom stereocenters. The van der Waals surface area contributed by atoms with E-state index in [1.165, 1.54) is 0 Å². The van der Waals surface area contributed by atoms with Gasteiger partial charge < -0.3 is 20.1 Å². The lowest BCUT2D eigenvalue weighted by molar-refractivity contribution is 0.146. The molecule has 20 heavy (non-hydrogen) atoms. The fourth-order valence-electron chi connectivity index (χ4n) is 1.87. The van der Waals surface area contributed by atoms with Crippen LogP contribution in [0.25, 0.3) is 0 Å². The van der Waals surface area contributed by atoms with Gasteiger partial charge in [-0.05, 0) is 19.1 Å². The first-order valence-electron chi connectivity index (χ1n) is 6.31. The van der Waals surface area contributed by atoms with Crippen molar-refractivity contribution in [2.75, 3.05) is 5.75 Å². The second kappa shape index (κ2) is 5.43. The number of fused-ring (bicyclic) bond motifs is 1. The third kappa shape index (κ3) is 2.52. The number of aliphatic hydroxyl groups is 1. The molecule has 1 aromatic carbocycles. The van der Waals surface area contributed by atoms with Crippen molar-refractivity contribution in [1.29, 1.82) is 0 Å². The fraction of sp³-hybridized carbons (Fsp3) is 0.385. The van der Waals surface area contributed by atoms with Crippen molar-refractivity contribution in [3.8, 4) is 5.75 Å². The Morgan fingerprint density at radius 2 is 2.25 bits per heavy atom. The van der Waals surface area contributed by atoms with E-state index in [4.69, 9.17) is 15.0 Å². The molecule has 0 saturated carbocycles. The number of para-hydroxylation sites is 1. The van der Waals surface area contributed by atoms with Crippen molar-refractivity contribution in [2.24, 2.45) is 5.73 Å². The third-order valence-electron chi connectivity index (χ3n) is 3.06. The molecular formula is C13H15N3O3S. The quantitative estimate of drug-likeness (QED) is 0.889. The molecule has 7 heteroatoms. The average molecular weight is 293 g/mol. The van der Waals surface area contributed by atoms with Crippen LogP contribution in [0.1, 0.15) is 30.8 Å². The van der Waals surface area contributed by atoms with Gasteiger partial charge in [-0.2, -0.15) is 4.98 Å². The van der Waals surface area contributed by atoms with Gasteiger partial charge in [-0.15, -0.1) is 11.8 Å². The number of aliphatic hydroxyl groups excluding tert-OH is 1. The zero-order valence-corrected chi connectivity index (χ0v) is 11.7. The van der Waals surface area contributed by atoms with Gasteiger partial charge >= 0.3 is 0 Å². The maximum Gasteiger partial charge on any atom is 0.246 e. The minimum absolute atomic E-state index is 0.224. The van der Waals surface area contributed by atoms with E-state index in [2.05, 4.69) is 10.1 Å². The predicted octanol–water partition coefficient (Wildman–Crippen LogP) is 1.68. The average Bonchev–Trinajstić information content (AvgIpc) is 2.95. The minimum atomic E-state index is -0.745. The molecule has 0 fully saturated rings. The summed E-state index contributed by atoms with van der Waals surface area (Å²) in [4.78, 5) is 5.33. The van der Waals surface area contributed by atoms with Crippen molar-refractivity contribution < 1.29 is 14.4 Å². The summed E-state index contributed by atoms with van der Waals surface area (Å²) in [6, 6.07) is 7.15. The zero-order valence-electron chi connectivity index (χ0n) is 10.9. The monoisotopic (exact) mass is 293 g/mol. The third-order valence-corrected chi connectivity index (χ3v) is 4.18. The number of thioether (sulfide) groups is 1.